The number of nitrogens with one attached hydrogen (secondary N) is 1. The topological polar surface area (TPSA) is 37.8 Å². The first-order chi connectivity index (χ1) is 9.13. The minimum absolute atomic E-state index is 0.852. The second-order valence-electron chi connectivity index (χ2n) is 4.39. The van der Waals surface area contributed by atoms with Crippen molar-refractivity contribution in [3.63, 3.8) is 0 Å². The van der Waals surface area contributed by atoms with Gasteiger partial charge >= 0.3 is 0 Å². The van der Waals surface area contributed by atoms with Gasteiger partial charge in [-0.15, -0.1) is 11.3 Å². The van der Waals surface area contributed by atoms with Gasteiger partial charge in [-0.3, -0.25) is 0 Å². The van der Waals surface area contributed by atoms with Crippen molar-refractivity contribution in [3.8, 4) is 0 Å². The molecule has 0 bridgehead atoms. The molecule has 0 aliphatic heterocycles. The molecule has 3 rings (SSSR count). The van der Waals surface area contributed by atoms with E-state index in [0.717, 1.165) is 26.2 Å². The van der Waals surface area contributed by atoms with Crippen LogP contribution in [0.25, 0.3) is 10.2 Å². The molecule has 2 aromatic heterocycles. The molecule has 19 heavy (non-hydrogen) atoms. The van der Waals surface area contributed by atoms with Crippen LogP contribution >= 0.6 is 27.3 Å². The summed E-state index contributed by atoms with van der Waals surface area (Å²) in [6.07, 6.45) is 1.60. The molecule has 0 fully saturated rings. The summed E-state index contributed by atoms with van der Waals surface area (Å²) in [5.41, 5.74) is 2.23. The van der Waals surface area contributed by atoms with Gasteiger partial charge in [-0.05, 0) is 37.6 Å². The van der Waals surface area contributed by atoms with Gasteiger partial charge in [0.25, 0.3) is 0 Å². The summed E-state index contributed by atoms with van der Waals surface area (Å²) >= 11 is 5.22. The highest BCUT2D eigenvalue weighted by atomic mass is 79.9. The number of hydrogen-bond donors (Lipinski definition) is 1. The zero-order valence-electron chi connectivity index (χ0n) is 10.6. The van der Waals surface area contributed by atoms with E-state index in [1.54, 1.807) is 17.7 Å². The Bertz CT molecular complexity index is 752. The Morgan fingerprint density at radius 3 is 2.79 bits per heavy atom. The molecular formula is C14H12BrN3S. The molecule has 0 aliphatic carbocycles. The number of aryl methyl sites for hydroxylation is 2. The van der Waals surface area contributed by atoms with Crippen LogP contribution in [-0.2, 0) is 0 Å². The van der Waals surface area contributed by atoms with Gasteiger partial charge in [0, 0.05) is 15.0 Å². The van der Waals surface area contributed by atoms with Crippen molar-refractivity contribution in [2.75, 3.05) is 5.32 Å². The Balaban J connectivity index is 2.02. The van der Waals surface area contributed by atoms with E-state index in [-0.39, 0.29) is 0 Å². The third-order valence-electron chi connectivity index (χ3n) is 2.89. The third-order valence-corrected chi connectivity index (χ3v) is 4.70. The Hall–Kier alpha value is -1.46. The number of nitrogens with zero attached hydrogens (tertiary/aromatic N) is 2. The molecule has 2 heterocycles. The lowest BCUT2D eigenvalue weighted by atomic mass is 10.2. The SMILES string of the molecule is Cc1cc2c(Nc3ccc(C)c(Br)c3)ncnc2s1. The van der Waals surface area contributed by atoms with Gasteiger partial charge < -0.3 is 5.32 Å². The smallest absolute Gasteiger partial charge is 0.142 e. The standard InChI is InChI=1S/C14H12BrN3S/c1-8-3-4-10(6-12(8)15)18-13-11-5-9(2)19-14(11)17-7-16-13/h3-7H,1-2H3,(H,16,17,18). The lowest BCUT2D eigenvalue weighted by molar-refractivity contribution is 1.23. The van der Waals surface area contributed by atoms with Gasteiger partial charge in [0.05, 0.1) is 5.39 Å². The van der Waals surface area contributed by atoms with Crippen molar-refractivity contribution in [2.45, 2.75) is 13.8 Å². The van der Waals surface area contributed by atoms with E-state index >= 15 is 0 Å². The molecule has 0 atom stereocenters. The van der Waals surface area contributed by atoms with E-state index in [2.05, 4.69) is 63.3 Å². The maximum atomic E-state index is 4.34. The lowest BCUT2D eigenvalue weighted by Crippen LogP contribution is -1.94. The first kappa shape index (κ1) is 12.6. The number of fused-ring (bicyclic) bond motifs is 1. The van der Waals surface area contributed by atoms with Crippen LogP contribution < -0.4 is 5.32 Å². The predicted octanol–water partition coefficient (Wildman–Crippen LogP) is 4.81. The molecule has 0 saturated heterocycles. The second kappa shape index (κ2) is 4.90. The minimum atomic E-state index is 0.852. The quantitative estimate of drug-likeness (QED) is 0.730. The molecule has 3 aromatic rings. The first-order valence-corrected chi connectivity index (χ1v) is 7.49. The second-order valence-corrected chi connectivity index (χ2v) is 6.48. The van der Waals surface area contributed by atoms with E-state index in [9.17, 15) is 0 Å². The van der Waals surface area contributed by atoms with Crippen molar-refractivity contribution in [1.29, 1.82) is 0 Å². The van der Waals surface area contributed by atoms with Gasteiger partial charge in [0.2, 0.25) is 0 Å². The molecule has 1 aromatic carbocycles. The van der Waals surface area contributed by atoms with Crippen LogP contribution in [0, 0.1) is 13.8 Å². The predicted molar refractivity (Wildman–Crippen MR) is 84.3 cm³/mol. The van der Waals surface area contributed by atoms with Gasteiger partial charge in [-0.25, -0.2) is 9.97 Å². The molecule has 96 valence electrons. The van der Waals surface area contributed by atoms with E-state index < -0.39 is 0 Å². The number of rotatable bonds is 2. The average molecular weight is 334 g/mol. The number of aromatic nitrogens is 2. The highest BCUT2D eigenvalue weighted by Gasteiger charge is 2.07. The molecule has 0 saturated carbocycles. The summed E-state index contributed by atoms with van der Waals surface area (Å²) < 4.78 is 1.09. The summed E-state index contributed by atoms with van der Waals surface area (Å²) in [4.78, 5) is 10.9. The Morgan fingerprint density at radius 1 is 1.16 bits per heavy atom. The zero-order chi connectivity index (χ0) is 13.4. The Kier molecular flexibility index (Phi) is 3.24. The molecule has 3 nitrogen and oxygen atoms in total. The highest BCUT2D eigenvalue weighted by molar-refractivity contribution is 9.10. The number of anilines is 2. The number of benzene rings is 1. The zero-order valence-corrected chi connectivity index (χ0v) is 13.0. The highest BCUT2D eigenvalue weighted by Crippen LogP contribution is 2.30. The summed E-state index contributed by atoms with van der Waals surface area (Å²) in [6.45, 7) is 4.15. The number of hydrogen-bond acceptors (Lipinski definition) is 4. The van der Waals surface area contributed by atoms with Gasteiger partial charge in [-0.2, -0.15) is 0 Å². The third kappa shape index (κ3) is 2.48. The summed E-state index contributed by atoms with van der Waals surface area (Å²) in [5, 5.41) is 4.42. The van der Waals surface area contributed by atoms with Crippen LogP contribution in [0.2, 0.25) is 0 Å². The van der Waals surface area contributed by atoms with Crippen molar-refractivity contribution in [1.82, 2.24) is 9.97 Å². The van der Waals surface area contributed by atoms with Crippen LogP contribution in [-0.4, -0.2) is 9.97 Å². The van der Waals surface area contributed by atoms with Crippen LogP contribution in [0.15, 0.2) is 35.1 Å². The molecule has 0 radical (unpaired) electrons. The monoisotopic (exact) mass is 333 g/mol. The van der Waals surface area contributed by atoms with Gasteiger partial charge in [0.1, 0.15) is 17.0 Å². The maximum absolute atomic E-state index is 4.34. The van der Waals surface area contributed by atoms with E-state index in [4.69, 9.17) is 0 Å². The van der Waals surface area contributed by atoms with Crippen molar-refractivity contribution in [2.24, 2.45) is 0 Å². The van der Waals surface area contributed by atoms with Gasteiger partial charge in [-0.1, -0.05) is 22.0 Å². The average Bonchev–Trinajstić information content (AvgIpc) is 2.75. The molecule has 0 amide bonds. The molecule has 1 N–H and O–H groups in total. The Morgan fingerprint density at radius 2 is 2.00 bits per heavy atom. The number of thiophene rings is 1. The van der Waals surface area contributed by atoms with E-state index in [1.165, 1.54) is 10.4 Å². The fraction of sp³-hybridized carbons (Fsp3) is 0.143. The van der Waals surface area contributed by atoms with Crippen LogP contribution in [0.4, 0.5) is 11.5 Å². The lowest BCUT2D eigenvalue weighted by Gasteiger charge is -2.07. The first-order valence-electron chi connectivity index (χ1n) is 5.88. The normalized spacial score (nSPS) is 10.9. The van der Waals surface area contributed by atoms with E-state index in [0.29, 0.717) is 0 Å². The molecular weight excluding hydrogens is 322 g/mol. The fourth-order valence-electron chi connectivity index (χ4n) is 1.88. The molecule has 0 aliphatic rings. The van der Waals surface area contributed by atoms with Crippen LogP contribution in [0.5, 0.6) is 0 Å². The Labute approximate surface area is 123 Å². The fourth-order valence-corrected chi connectivity index (χ4v) is 3.11. The van der Waals surface area contributed by atoms with Gasteiger partial charge in [0.15, 0.2) is 0 Å². The summed E-state index contributed by atoms with van der Waals surface area (Å²) in [7, 11) is 0. The van der Waals surface area contributed by atoms with E-state index in [1.807, 2.05) is 6.07 Å². The molecule has 0 spiro atoms. The largest absolute Gasteiger partial charge is 0.340 e. The van der Waals surface area contributed by atoms with Crippen LogP contribution in [0.3, 0.4) is 0 Å². The summed E-state index contributed by atoms with van der Waals surface area (Å²) in [5.74, 6) is 0.852. The molecule has 0 unspecified atom stereocenters. The molecule has 5 heteroatoms. The van der Waals surface area contributed by atoms with Crippen molar-refractivity contribution >= 4 is 49.0 Å². The maximum Gasteiger partial charge on any atom is 0.142 e. The minimum Gasteiger partial charge on any atom is -0.340 e. The van der Waals surface area contributed by atoms with Crippen molar-refractivity contribution in [3.05, 3.63) is 45.5 Å². The summed E-state index contributed by atoms with van der Waals surface area (Å²) in [6, 6.07) is 8.30. The van der Waals surface area contributed by atoms with Crippen LogP contribution in [0.1, 0.15) is 10.4 Å². The number of halogens is 1. The van der Waals surface area contributed by atoms with Crippen molar-refractivity contribution < 1.29 is 0 Å².